The van der Waals surface area contributed by atoms with Crippen molar-refractivity contribution >= 4 is 34.3 Å². The predicted octanol–water partition coefficient (Wildman–Crippen LogP) is 4.25. The minimum atomic E-state index is -0.585. The van der Waals surface area contributed by atoms with E-state index in [0.717, 1.165) is 42.8 Å². The van der Waals surface area contributed by atoms with Crippen LogP contribution in [0.1, 0.15) is 65.2 Å². The van der Waals surface area contributed by atoms with E-state index in [9.17, 15) is 14.4 Å². The monoisotopic (exact) mass is 497 g/mol. The lowest BCUT2D eigenvalue weighted by Gasteiger charge is -2.30. The van der Waals surface area contributed by atoms with Gasteiger partial charge >= 0.3 is 0 Å². The second-order valence-electron chi connectivity index (χ2n) is 9.75. The molecule has 2 aliphatic rings. The number of hydrogen-bond acceptors (Lipinski definition) is 6. The van der Waals surface area contributed by atoms with Crippen LogP contribution in [0.2, 0.25) is 0 Å². The molecular formula is C26H35N5O3S. The lowest BCUT2D eigenvalue weighted by atomic mass is 9.96. The minimum absolute atomic E-state index is 0.0905. The Morgan fingerprint density at radius 3 is 2.57 bits per heavy atom. The molecule has 2 heterocycles. The predicted molar refractivity (Wildman–Crippen MR) is 137 cm³/mol. The third kappa shape index (κ3) is 6.07. The Bertz CT molecular complexity index is 1020. The lowest BCUT2D eigenvalue weighted by molar-refractivity contribution is -0.141. The average Bonchev–Trinajstić information content (AvgIpc) is 3.65. The summed E-state index contributed by atoms with van der Waals surface area (Å²) in [5, 5.41) is 10.8. The van der Waals surface area contributed by atoms with Crippen molar-refractivity contribution in [2.75, 3.05) is 11.9 Å². The highest BCUT2D eigenvalue weighted by Gasteiger charge is 2.39. The summed E-state index contributed by atoms with van der Waals surface area (Å²) in [7, 11) is 0. The smallest absolute Gasteiger partial charge is 0.247 e. The summed E-state index contributed by atoms with van der Waals surface area (Å²) >= 11 is 1.13. The van der Waals surface area contributed by atoms with Gasteiger partial charge in [0, 0.05) is 29.6 Å². The number of carbonyl (C=O) groups is 3. The van der Waals surface area contributed by atoms with Crippen molar-refractivity contribution in [3.63, 3.8) is 0 Å². The van der Waals surface area contributed by atoms with E-state index in [1.807, 2.05) is 44.2 Å². The summed E-state index contributed by atoms with van der Waals surface area (Å²) in [5.41, 5.74) is 1.50. The van der Waals surface area contributed by atoms with E-state index < -0.39 is 12.1 Å². The van der Waals surface area contributed by atoms with Gasteiger partial charge in [0.25, 0.3) is 0 Å². The number of anilines is 1. The fraction of sp³-hybridized carbons (Fsp3) is 0.577. The summed E-state index contributed by atoms with van der Waals surface area (Å²) in [6.45, 7) is 4.37. The number of likely N-dealkylation sites (tertiary alicyclic amines) is 1. The van der Waals surface area contributed by atoms with Crippen LogP contribution < -0.4 is 10.6 Å². The molecule has 2 N–H and O–H groups in total. The number of carbonyl (C=O) groups excluding carboxylic acids is 3. The molecular weight excluding hydrogens is 462 g/mol. The number of rotatable bonds is 9. The van der Waals surface area contributed by atoms with Gasteiger partial charge in [-0.05, 0) is 31.6 Å². The van der Waals surface area contributed by atoms with E-state index in [1.165, 1.54) is 12.8 Å². The summed E-state index contributed by atoms with van der Waals surface area (Å²) in [6.07, 6.45) is 7.24. The SMILES string of the molecule is CC[C@@H](C)C(=O)N[C@@H](CC1CCCC1)C(=O)N1CCC[C@H]1C(=O)Nc1snnc1-c1ccccc1. The summed E-state index contributed by atoms with van der Waals surface area (Å²) in [5.74, 6) is -0.175. The van der Waals surface area contributed by atoms with Gasteiger partial charge in [-0.1, -0.05) is 74.4 Å². The van der Waals surface area contributed by atoms with Gasteiger partial charge in [0.1, 0.15) is 22.8 Å². The van der Waals surface area contributed by atoms with Gasteiger partial charge in [-0.3, -0.25) is 14.4 Å². The van der Waals surface area contributed by atoms with Crippen molar-refractivity contribution in [3.05, 3.63) is 30.3 Å². The van der Waals surface area contributed by atoms with Gasteiger partial charge in [0.2, 0.25) is 17.7 Å². The van der Waals surface area contributed by atoms with Gasteiger partial charge in [0.05, 0.1) is 0 Å². The largest absolute Gasteiger partial charge is 0.344 e. The standard InChI is InChI=1S/C26H35N5O3S/c1-3-17(2)23(32)27-20(16-18-10-7-8-11-18)26(34)31-15-9-14-21(31)24(33)28-25-22(29-30-35-25)19-12-5-4-6-13-19/h4-6,12-13,17-18,20-21H,3,7-11,14-16H2,1-2H3,(H,27,32)(H,28,33)/t17-,20+,21+/m1/s1. The molecule has 188 valence electrons. The molecule has 9 heteroatoms. The van der Waals surface area contributed by atoms with Crippen LogP contribution in [0.3, 0.4) is 0 Å². The quantitative estimate of drug-likeness (QED) is 0.539. The van der Waals surface area contributed by atoms with Gasteiger partial charge < -0.3 is 15.5 Å². The molecule has 0 bridgehead atoms. The zero-order chi connectivity index (χ0) is 24.8. The van der Waals surface area contributed by atoms with Crippen molar-refractivity contribution in [1.29, 1.82) is 0 Å². The molecule has 1 aliphatic carbocycles. The van der Waals surface area contributed by atoms with Crippen LogP contribution in [0.5, 0.6) is 0 Å². The minimum Gasteiger partial charge on any atom is -0.344 e. The second kappa shape index (κ2) is 11.7. The number of aromatic nitrogens is 2. The Hall–Kier alpha value is -2.81. The van der Waals surface area contributed by atoms with Crippen molar-refractivity contribution in [2.45, 2.75) is 77.3 Å². The Balaban J connectivity index is 1.47. The number of hydrogen-bond donors (Lipinski definition) is 2. The van der Waals surface area contributed by atoms with E-state index in [2.05, 4.69) is 20.2 Å². The zero-order valence-electron chi connectivity index (χ0n) is 20.5. The first kappa shape index (κ1) is 25.3. The van der Waals surface area contributed by atoms with Crippen LogP contribution in [0.25, 0.3) is 11.3 Å². The average molecular weight is 498 g/mol. The van der Waals surface area contributed by atoms with Crippen molar-refractivity contribution in [1.82, 2.24) is 19.8 Å². The van der Waals surface area contributed by atoms with E-state index in [1.54, 1.807) is 4.90 Å². The molecule has 3 atom stereocenters. The maximum absolute atomic E-state index is 13.7. The molecule has 4 rings (SSSR count). The fourth-order valence-electron chi connectivity index (χ4n) is 5.06. The second-order valence-corrected chi connectivity index (χ2v) is 10.5. The first-order chi connectivity index (χ1) is 17.0. The molecule has 0 unspecified atom stereocenters. The van der Waals surface area contributed by atoms with Crippen LogP contribution in [-0.2, 0) is 14.4 Å². The van der Waals surface area contributed by atoms with Crippen molar-refractivity contribution < 1.29 is 14.4 Å². The molecule has 3 amide bonds. The molecule has 1 aliphatic heterocycles. The first-order valence-electron chi connectivity index (χ1n) is 12.8. The van der Waals surface area contributed by atoms with Crippen molar-refractivity contribution in [2.24, 2.45) is 11.8 Å². The number of nitrogens with zero attached hydrogens (tertiary/aromatic N) is 3. The summed E-state index contributed by atoms with van der Waals surface area (Å²) in [4.78, 5) is 41.4. The molecule has 2 aromatic rings. The topological polar surface area (TPSA) is 104 Å². The maximum Gasteiger partial charge on any atom is 0.247 e. The zero-order valence-corrected chi connectivity index (χ0v) is 21.4. The first-order valence-corrected chi connectivity index (χ1v) is 13.5. The Morgan fingerprint density at radius 2 is 1.86 bits per heavy atom. The van der Waals surface area contributed by atoms with Gasteiger partial charge in [-0.2, -0.15) is 0 Å². The molecule has 1 saturated carbocycles. The number of benzene rings is 1. The number of amides is 3. The maximum atomic E-state index is 13.7. The van der Waals surface area contributed by atoms with Gasteiger partial charge in [-0.15, -0.1) is 5.10 Å². The van der Waals surface area contributed by atoms with E-state index >= 15 is 0 Å². The third-order valence-electron chi connectivity index (χ3n) is 7.33. The van der Waals surface area contributed by atoms with E-state index in [0.29, 0.717) is 36.0 Å². The molecule has 35 heavy (non-hydrogen) atoms. The highest BCUT2D eigenvalue weighted by Crippen LogP contribution is 2.32. The van der Waals surface area contributed by atoms with Gasteiger partial charge in [0.15, 0.2) is 0 Å². The molecule has 1 aromatic heterocycles. The highest BCUT2D eigenvalue weighted by molar-refractivity contribution is 7.10. The third-order valence-corrected chi connectivity index (χ3v) is 7.97. The lowest BCUT2D eigenvalue weighted by Crippen LogP contribution is -2.53. The highest BCUT2D eigenvalue weighted by atomic mass is 32.1. The fourth-order valence-corrected chi connectivity index (χ4v) is 5.65. The van der Waals surface area contributed by atoms with Crippen LogP contribution in [0, 0.1) is 11.8 Å². The molecule has 8 nitrogen and oxygen atoms in total. The number of nitrogens with one attached hydrogen (secondary N) is 2. The van der Waals surface area contributed by atoms with Gasteiger partial charge in [-0.25, -0.2) is 0 Å². The normalized spacial score (nSPS) is 19.9. The molecule has 1 saturated heterocycles. The van der Waals surface area contributed by atoms with Crippen LogP contribution >= 0.6 is 11.5 Å². The van der Waals surface area contributed by atoms with E-state index in [-0.39, 0.29) is 23.6 Å². The summed E-state index contributed by atoms with van der Waals surface area (Å²) in [6, 6.07) is 8.44. The van der Waals surface area contributed by atoms with Crippen molar-refractivity contribution in [3.8, 4) is 11.3 Å². The molecule has 2 fully saturated rings. The molecule has 1 aromatic carbocycles. The Morgan fingerprint density at radius 1 is 1.11 bits per heavy atom. The molecule has 0 radical (unpaired) electrons. The Labute approximate surface area is 211 Å². The summed E-state index contributed by atoms with van der Waals surface area (Å²) < 4.78 is 4.02. The van der Waals surface area contributed by atoms with E-state index in [4.69, 9.17) is 0 Å². The van der Waals surface area contributed by atoms with Crippen LogP contribution in [0.4, 0.5) is 5.00 Å². The molecule has 0 spiro atoms. The Kier molecular flexibility index (Phi) is 8.49. The van der Waals surface area contributed by atoms with Crippen LogP contribution in [0.15, 0.2) is 30.3 Å². The van der Waals surface area contributed by atoms with Crippen LogP contribution in [-0.4, -0.2) is 50.8 Å².